The predicted molar refractivity (Wildman–Crippen MR) is 108 cm³/mol. The first kappa shape index (κ1) is 16.9. The van der Waals surface area contributed by atoms with Gasteiger partial charge in [0, 0.05) is 10.9 Å². The molecule has 0 saturated carbocycles. The Morgan fingerprint density at radius 3 is 2.64 bits per heavy atom. The number of amides is 1. The maximum absolute atomic E-state index is 12.9. The number of anilines is 1. The van der Waals surface area contributed by atoms with E-state index in [0.717, 1.165) is 33.8 Å². The van der Waals surface area contributed by atoms with Gasteiger partial charge in [-0.2, -0.15) is 5.10 Å². The summed E-state index contributed by atoms with van der Waals surface area (Å²) in [5, 5.41) is 5.75. The van der Waals surface area contributed by atoms with E-state index in [0.29, 0.717) is 11.1 Å². The van der Waals surface area contributed by atoms with Crippen LogP contribution in [-0.4, -0.2) is 26.6 Å². The number of benzene rings is 3. The van der Waals surface area contributed by atoms with Crippen molar-refractivity contribution >= 4 is 38.1 Å². The van der Waals surface area contributed by atoms with Crippen molar-refractivity contribution < 1.29 is 13.2 Å². The van der Waals surface area contributed by atoms with Crippen LogP contribution in [0, 0.1) is 0 Å². The molecule has 0 radical (unpaired) electrons. The minimum absolute atomic E-state index is 0.240. The van der Waals surface area contributed by atoms with Crippen molar-refractivity contribution in [1.82, 2.24) is 5.43 Å². The molecule has 0 aromatic heterocycles. The van der Waals surface area contributed by atoms with E-state index in [1.54, 1.807) is 24.3 Å². The van der Waals surface area contributed by atoms with Crippen LogP contribution in [0.5, 0.6) is 0 Å². The number of hydrogen-bond donors (Lipinski definition) is 1. The van der Waals surface area contributed by atoms with E-state index in [1.165, 1.54) is 5.56 Å². The molecule has 3 aromatic carbocycles. The van der Waals surface area contributed by atoms with Crippen molar-refractivity contribution in [3.8, 4) is 0 Å². The SMILES string of the molecule is O=C(CN1c2cccc3cccc(c23)S1(=O)=O)N/N=C1/CCc2ccccc21. The summed E-state index contributed by atoms with van der Waals surface area (Å²) in [6.07, 6.45) is 1.65. The minimum atomic E-state index is -3.76. The molecule has 1 aliphatic carbocycles. The highest BCUT2D eigenvalue weighted by molar-refractivity contribution is 7.93. The van der Waals surface area contributed by atoms with Gasteiger partial charge in [0.2, 0.25) is 0 Å². The number of sulfonamides is 1. The molecule has 0 unspecified atom stereocenters. The van der Waals surface area contributed by atoms with Gasteiger partial charge in [-0.25, -0.2) is 13.8 Å². The molecule has 0 fully saturated rings. The number of aryl methyl sites for hydroxylation is 1. The summed E-state index contributed by atoms with van der Waals surface area (Å²) in [5.74, 6) is -0.467. The molecule has 1 heterocycles. The highest BCUT2D eigenvalue weighted by Crippen LogP contribution is 2.41. The van der Waals surface area contributed by atoms with Crippen LogP contribution in [0.1, 0.15) is 17.5 Å². The number of hydrogen-bond acceptors (Lipinski definition) is 4. The van der Waals surface area contributed by atoms with Gasteiger partial charge in [0.25, 0.3) is 15.9 Å². The number of hydrazone groups is 1. The number of rotatable bonds is 3. The first-order valence-corrected chi connectivity index (χ1v) is 10.5. The summed E-state index contributed by atoms with van der Waals surface area (Å²) in [5.41, 5.74) is 6.12. The van der Waals surface area contributed by atoms with E-state index in [9.17, 15) is 13.2 Å². The van der Waals surface area contributed by atoms with Crippen LogP contribution < -0.4 is 9.73 Å². The minimum Gasteiger partial charge on any atom is -0.271 e. The Bertz CT molecular complexity index is 1260. The monoisotopic (exact) mass is 391 g/mol. The molecule has 0 saturated heterocycles. The van der Waals surface area contributed by atoms with E-state index < -0.39 is 15.9 Å². The van der Waals surface area contributed by atoms with Gasteiger partial charge in [0.15, 0.2) is 0 Å². The molecule has 0 bridgehead atoms. The maximum Gasteiger partial charge on any atom is 0.265 e. The number of nitrogens with one attached hydrogen (secondary N) is 1. The average molecular weight is 391 g/mol. The predicted octanol–water partition coefficient (Wildman–Crippen LogP) is 2.82. The summed E-state index contributed by atoms with van der Waals surface area (Å²) < 4.78 is 27.0. The van der Waals surface area contributed by atoms with Crippen LogP contribution in [0.15, 0.2) is 70.7 Å². The van der Waals surface area contributed by atoms with Gasteiger partial charge in [-0.05, 0) is 35.9 Å². The zero-order valence-electron chi connectivity index (χ0n) is 14.9. The summed E-state index contributed by atoms with van der Waals surface area (Å²) >= 11 is 0. The average Bonchev–Trinajstić information content (AvgIpc) is 3.21. The van der Waals surface area contributed by atoms with Gasteiger partial charge in [0.1, 0.15) is 6.54 Å². The molecule has 0 atom stereocenters. The van der Waals surface area contributed by atoms with E-state index in [4.69, 9.17) is 0 Å². The maximum atomic E-state index is 12.9. The molecular formula is C21H17N3O3S. The van der Waals surface area contributed by atoms with Crippen molar-refractivity contribution in [3.05, 3.63) is 71.8 Å². The third-order valence-corrected chi connectivity index (χ3v) is 7.05. The lowest BCUT2D eigenvalue weighted by Gasteiger charge is -2.17. The Kier molecular flexibility index (Phi) is 3.73. The van der Waals surface area contributed by atoms with Crippen molar-refractivity contribution in [2.75, 3.05) is 10.8 Å². The molecule has 7 heteroatoms. The number of carbonyl (C=O) groups excluding carboxylic acids is 1. The van der Waals surface area contributed by atoms with Gasteiger partial charge in [-0.3, -0.25) is 9.10 Å². The van der Waals surface area contributed by atoms with Crippen LogP contribution in [-0.2, 0) is 21.2 Å². The third kappa shape index (κ3) is 2.51. The summed E-state index contributed by atoms with van der Waals surface area (Å²) in [6, 6.07) is 18.5. The molecule has 1 amide bonds. The fourth-order valence-electron chi connectivity index (χ4n) is 3.95. The van der Waals surface area contributed by atoms with Gasteiger partial charge in [0.05, 0.1) is 16.3 Å². The highest BCUT2D eigenvalue weighted by Gasteiger charge is 2.36. The second-order valence-corrected chi connectivity index (χ2v) is 8.72. The lowest BCUT2D eigenvalue weighted by Crippen LogP contribution is -2.37. The Hall–Kier alpha value is -3.19. The Morgan fingerprint density at radius 1 is 1.00 bits per heavy atom. The molecule has 2 aliphatic rings. The van der Waals surface area contributed by atoms with Crippen molar-refractivity contribution in [3.63, 3.8) is 0 Å². The standard InChI is InChI=1S/C21H17N3O3S/c25-20(23-22-17-12-11-14-5-1-2-8-16(14)17)13-24-18-9-3-6-15-7-4-10-19(21(15)18)28(24,26)27/h1-10H,11-13H2,(H,23,25)/b22-17-. The Balaban J connectivity index is 1.41. The second-order valence-electron chi connectivity index (χ2n) is 6.89. The molecule has 28 heavy (non-hydrogen) atoms. The van der Waals surface area contributed by atoms with Gasteiger partial charge in [-0.15, -0.1) is 0 Å². The van der Waals surface area contributed by atoms with Crippen LogP contribution >= 0.6 is 0 Å². The molecule has 140 valence electrons. The van der Waals surface area contributed by atoms with Crippen molar-refractivity contribution in [2.45, 2.75) is 17.7 Å². The Morgan fingerprint density at radius 2 is 1.79 bits per heavy atom. The van der Waals surface area contributed by atoms with E-state index in [1.807, 2.05) is 36.4 Å². The summed E-state index contributed by atoms with van der Waals surface area (Å²) in [6.45, 7) is -0.311. The second kappa shape index (κ2) is 6.17. The topological polar surface area (TPSA) is 78.8 Å². The molecule has 3 aromatic rings. The molecule has 1 aliphatic heterocycles. The lowest BCUT2D eigenvalue weighted by molar-refractivity contribution is -0.119. The van der Waals surface area contributed by atoms with Crippen LogP contribution in [0.25, 0.3) is 10.8 Å². The van der Waals surface area contributed by atoms with E-state index >= 15 is 0 Å². The van der Waals surface area contributed by atoms with Gasteiger partial charge < -0.3 is 0 Å². The number of carbonyl (C=O) groups is 1. The van der Waals surface area contributed by atoms with Crippen LogP contribution in [0.2, 0.25) is 0 Å². The van der Waals surface area contributed by atoms with E-state index in [2.05, 4.69) is 10.5 Å². The zero-order valence-corrected chi connectivity index (χ0v) is 15.7. The van der Waals surface area contributed by atoms with Crippen molar-refractivity contribution in [2.24, 2.45) is 5.10 Å². The fraction of sp³-hybridized carbons (Fsp3) is 0.143. The molecule has 1 N–H and O–H groups in total. The largest absolute Gasteiger partial charge is 0.271 e. The Labute approximate surface area is 162 Å². The molecule has 6 nitrogen and oxygen atoms in total. The molecule has 5 rings (SSSR count). The van der Waals surface area contributed by atoms with Crippen LogP contribution in [0.4, 0.5) is 5.69 Å². The summed E-state index contributed by atoms with van der Waals surface area (Å²) in [4.78, 5) is 12.7. The quantitative estimate of drug-likeness (QED) is 0.698. The van der Waals surface area contributed by atoms with E-state index in [-0.39, 0.29) is 11.4 Å². The van der Waals surface area contributed by atoms with Gasteiger partial charge in [-0.1, -0.05) is 48.5 Å². The number of nitrogens with zero attached hydrogens (tertiary/aromatic N) is 2. The molecule has 0 spiro atoms. The van der Waals surface area contributed by atoms with Crippen molar-refractivity contribution in [1.29, 1.82) is 0 Å². The fourth-order valence-corrected chi connectivity index (χ4v) is 5.61. The first-order valence-electron chi connectivity index (χ1n) is 9.04. The normalized spacial score (nSPS) is 17.9. The lowest BCUT2D eigenvalue weighted by atomic mass is 10.1. The van der Waals surface area contributed by atoms with Crippen LogP contribution in [0.3, 0.4) is 0 Å². The smallest absolute Gasteiger partial charge is 0.265 e. The molecular weight excluding hydrogens is 374 g/mol. The first-order chi connectivity index (χ1) is 13.6. The third-order valence-electron chi connectivity index (χ3n) is 5.24. The number of fused-ring (bicyclic) bond motifs is 1. The van der Waals surface area contributed by atoms with Gasteiger partial charge >= 0.3 is 0 Å². The highest BCUT2D eigenvalue weighted by atomic mass is 32.2. The summed E-state index contributed by atoms with van der Waals surface area (Å²) in [7, 11) is -3.76. The zero-order chi connectivity index (χ0) is 19.3.